The normalized spacial score (nSPS) is 10.5. The predicted octanol–water partition coefficient (Wildman–Crippen LogP) is 2.97. The molecule has 0 aliphatic rings. The van der Waals surface area contributed by atoms with Crippen LogP contribution in [0.3, 0.4) is 0 Å². The van der Waals surface area contributed by atoms with Crippen molar-refractivity contribution in [3.63, 3.8) is 0 Å². The summed E-state index contributed by atoms with van der Waals surface area (Å²) < 4.78 is 0. The van der Waals surface area contributed by atoms with E-state index in [1.165, 1.54) is 5.56 Å². The lowest BCUT2D eigenvalue weighted by molar-refractivity contribution is 1.09. The number of hydrogen-bond donors (Lipinski definition) is 3. The van der Waals surface area contributed by atoms with Gasteiger partial charge in [-0.3, -0.25) is 5.10 Å². The second-order valence-corrected chi connectivity index (χ2v) is 4.91. The lowest BCUT2D eigenvalue weighted by Gasteiger charge is -2.10. The minimum absolute atomic E-state index is 0.684. The maximum absolute atomic E-state index is 6.00. The van der Waals surface area contributed by atoms with Crippen LogP contribution in [0.1, 0.15) is 11.1 Å². The Hall–Kier alpha value is -2.82. The topological polar surface area (TPSA) is 79.6 Å². The largest absolute Gasteiger partial charge is 0.396 e. The van der Waals surface area contributed by atoms with Crippen molar-refractivity contribution in [2.24, 2.45) is 0 Å². The van der Waals surface area contributed by atoms with Gasteiger partial charge in [0.15, 0.2) is 0 Å². The van der Waals surface area contributed by atoms with E-state index in [1.807, 2.05) is 19.1 Å². The molecule has 106 valence electrons. The minimum atomic E-state index is 0.684. The molecule has 2 aromatic heterocycles. The SMILES string of the molecule is Cc1ccnc(NCc2ccc(-c3ccn[nH]3)cc2)c1N. The third kappa shape index (κ3) is 2.86. The number of aryl methyl sites for hydroxylation is 1. The number of rotatable bonds is 4. The number of aromatic amines is 1. The molecule has 0 amide bonds. The number of nitrogens with one attached hydrogen (secondary N) is 2. The van der Waals surface area contributed by atoms with Crippen molar-refractivity contribution >= 4 is 11.5 Å². The Morgan fingerprint density at radius 1 is 1.10 bits per heavy atom. The van der Waals surface area contributed by atoms with Gasteiger partial charge in [-0.1, -0.05) is 24.3 Å². The molecule has 2 heterocycles. The molecular weight excluding hydrogens is 262 g/mol. The van der Waals surface area contributed by atoms with Gasteiger partial charge in [0, 0.05) is 18.9 Å². The van der Waals surface area contributed by atoms with Crippen molar-refractivity contribution in [1.29, 1.82) is 0 Å². The van der Waals surface area contributed by atoms with Crippen LogP contribution in [0.2, 0.25) is 0 Å². The van der Waals surface area contributed by atoms with Crippen molar-refractivity contribution in [1.82, 2.24) is 15.2 Å². The highest BCUT2D eigenvalue weighted by molar-refractivity contribution is 5.65. The summed E-state index contributed by atoms with van der Waals surface area (Å²) in [5.41, 5.74) is 11.0. The van der Waals surface area contributed by atoms with E-state index < -0.39 is 0 Å². The van der Waals surface area contributed by atoms with Crippen LogP contribution in [0.5, 0.6) is 0 Å². The van der Waals surface area contributed by atoms with E-state index in [0.29, 0.717) is 12.2 Å². The van der Waals surface area contributed by atoms with Crippen LogP contribution in [0.15, 0.2) is 48.8 Å². The van der Waals surface area contributed by atoms with Crippen molar-refractivity contribution < 1.29 is 0 Å². The number of pyridine rings is 1. The van der Waals surface area contributed by atoms with E-state index in [2.05, 4.69) is 44.8 Å². The summed E-state index contributed by atoms with van der Waals surface area (Å²) in [6, 6.07) is 12.1. The minimum Gasteiger partial charge on any atom is -0.396 e. The molecule has 5 heteroatoms. The summed E-state index contributed by atoms with van der Waals surface area (Å²) in [6.07, 6.45) is 3.51. The van der Waals surface area contributed by atoms with E-state index in [1.54, 1.807) is 12.4 Å². The molecule has 5 nitrogen and oxygen atoms in total. The molecule has 0 aliphatic carbocycles. The van der Waals surface area contributed by atoms with E-state index in [4.69, 9.17) is 5.73 Å². The maximum Gasteiger partial charge on any atom is 0.149 e. The average Bonchev–Trinajstić information content (AvgIpc) is 3.04. The monoisotopic (exact) mass is 279 g/mol. The van der Waals surface area contributed by atoms with Crippen LogP contribution in [0.25, 0.3) is 11.3 Å². The zero-order chi connectivity index (χ0) is 14.7. The molecule has 0 bridgehead atoms. The first-order valence-corrected chi connectivity index (χ1v) is 6.77. The smallest absolute Gasteiger partial charge is 0.149 e. The summed E-state index contributed by atoms with van der Waals surface area (Å²) in [6.45, 7) is 2.66. The molecule has 0 spiro atoms. The van der Waals surface area contributed by atoms with Gasteiger partial charge >= 0.3 is 0 Å². The van der Waals surface area contributed by atoms with Crippen LogP contribution in [0, 0.1) is 6.92 Å². The average molecular weight is 279 g/mol. The highest BCUT2D eigenvalue weighted by atomic mass is 15.1. The van der Waals surface area contributed by atoms with Crippen LogP contribution in [0.4, 0.5) is 11.5 Å². The van der Waals surface area contributed by atoms with Gasteiger partial charge in [0.05, 0.1) is 11.4 Å². The fraction of sp³-hybridized carbons (Fsp3) is 0.125. The van der Waals surface area contributed by atoms with Crippen LogP contribution < -0.4 is 11.1 Å². The third-order valence-corrected chi connectivity index (χ3v) is 3.43. The molecule has 0 atom stereocenters. The lowest BCUT2D eigenvalue weighted by Crippen LogP contribution is -2.05. The Morgan fingerprint density at radius 2 is 1.90 bits per heavy atom. The number of nitrogens with two attached hydrogens (primary N) is 1. The molecule has 21 heavy (non-hydrogen) atoms. The summed E-state index contributed by atoms with van der Waals surface area (Å²) >= 11 is 0. The second-order valence-electron chi connectivity index (χ2n) is 4.91. The molecule has 3 rings (SSSR count). The first kappa shape index (κ1) is 13.2. The van der Waals surface area contributed by atoms with E-state index in [-0.39, 0.29) is 0 Å². The van der Waals surface area contributed by atoms with Gasteiger partial charge in [0.1, 0.15) is 5.82 Å². The quantitative estimate of drug-likeness (QED) is 0.686. The lowest BCUT2D eigenvalue weighted by atomic mass is 10.1. The standard InChI is InChI=1S/C16H17N5/c1-11-6-8-18-16(15(11)17)19-10-12-2-4-13(5-3-12)14-7-9-20-21-14/h2-9H,10,17H2,1H3,(H,18,19)(H,20,21). The number of benzene rings is 1. The van der Waals surface area contributed by atoms with Crippen LogP contribution in [-0.2, 0) is 6.54 Å². The third-order valence-electron chi connectivity index (χ3n) is 3.43. The first-order valence-electron chi connectivity index (χ1n) is 6.77. The van der Waals surface area contributed by atoms with Crippen molar-refractivity contribution in [2.45, 2.75) is 13.5 Å². The van der Waals surface area contributed by atoms with Crippen LogP contribution >= 0.6 is 0 Å². The second kappa shape index (κ2) is 5.66. The molecule has 0 radical (unpaired) electrons. The van der Waals surface area contributed by atoms with Gasteiger partial charge < -0.3 is 11.1 Å². The summed E-state index contributed by atoms with van der Waals surface area (Å²) in [5.74, 6) is 0.729. The number of aromatic nitrogens is 3. The molecule has 0 saturated carbocycles. The molecule has 0 saturated heterocycles. The fourth-order valence-corrected chi connectivity index (χ4v) is 2.12. The van der Waals surface area contributed by atoms with E-state index in [9.17, 15) is 0 Å². The zero-order valence-corrected chi connectivity index (χ0v) is 11.8. The number of nitrogens with zero attached hydrogens (tertiary/aromatic N) is 2. The van der Waals surface area contributed by atoms with Gasteiger partial charge in [0.2, 0.25) is 0 Å². The molecule has 1 aromatic carbocycles. The van der Waals surface area contributed by atoms with Gasteiger partial charge in [-0.25, -0.2) is 4.98 Å². The zero-order valence-electron chi connectivity index (χ0n) is 11.8. The Morgan fingerprint density at radius 3 is 2.62 bits per heavy atom. The number of nitrogen functional groups attached to an aromatic ring is 1. The number of H-pyrrole nitrogens is 1. The molecule has 0 fully saturated rings. The Kier molecular flexibility index (Phi) is 3.55. The Balaban J connectivity index is 1.70. The summed E-state index contributed by atoms with van der Waals surface area (Å²) in [7, 11) is 0. The molecule has 0 unspecified atom stereocenters. The van der Waals surface area contributed by atoms with E-state index in [0.717, 1.165) is 22.6 Å². The molecule has 3 aromatic rings. The van der Waals surface area contributed by atoms with Crippen molar-refractivity contribution in [3.8, 4) is 11.3 Å². The van der Waals surface area contributed by atoms with Gasteiger partial charge in [-0.2, -0.15) is 5.10 Å². The molecular formula is C16H17N5. The van der Waals surface area contributed by atoms with Crippen LogP contribution in [-0.4, -0.2) is 15.2 Å². The number of hydrogen-bond acceptors (Lipinski definition) is 4. The summed E-state index contributed by atoms with van der Waals surface area (Å²) in [5, 5.41) is 10.2. The van der Waals surface area contributed by atoms with Gasteiger partial charge in [-0.05, 0) is 35.7 Å². The van der Waals surface area contributed by atoms with Gasteiger partial charge in [-0.15, -0.1) is 0 Å². The Bertz CT molecular complexity index is 717. The molecule has 4 N–H and O–H groups in total. The van der Waals surface area contributed by atoms with E-state index >= 15 is 0 Å². The number of anilines is 2. The molecule has 0 aliphatic heterocycles. The highest BCUT2D eigenvalue weighted by Gasteiger charge is 2.03. The predicted molar refractivity (Wildman–Crippen MR) is 84.7 cm³/mol. The maximum atomic E-state index is 6.00. The Labute approximate surface area is 123 Å². The summed E-state index contributed by atoms with van der Waals surface area (Å²) in [4.78, 5) is 4.26. The van der Waals surface area contributed by atoms with Gasteiger partial charge in [0.25, 0.3) is 0 Å². The highest BCUT2D eigenvalue weighted by Crippen LogP contribution is 2.20. The van der Waals surface area contributed by atoms with Crippen molar-refractivity contribution in [3.05, 3.63) is 59.9 Å². The first-order chi connectivity index (χ1) is 10.2. The fourth-order valence-electron chi connectivity index (χ4n) is 2.12. The van der Waals surface area contributed by atoms with Crippen molar-refractivity contribution in [2.75, 3.05) is 11.1 Å².